The number of aryl methyl sites for hydroxylation is 2. The van der Waals surface area contributed by atoms with E-state index in [1.54, 1.807) is 48.3 Å². The molecule has 2 heterocycles. The van der Waals surface area contributed by atoms with Gasteiger partial charge < -0.3 is 14.2 Å². The highest BCUT2D eigenvalue weighted by Crippen LogP contribution is 2.57. The quantitative estimate of drug-likeness (QED) is 0.254. The summed E-state index contributed by atoms with van der Waals surface area (Å²) in [6, 6.07) is 16.9. The molecule has 41 heavy (non-hydrogen) atoms. The molecule has 0 fully saturated rings. The van der Waals surface area contributed by atoms with E-state index < -0.39 is 10.8 Å². The number of hydrogen-bond donors (Lipinski definition) is 2. The van der Waals surface area contributed by atoms with Gasteiger partial charge in [0.1, 0.15) is 33.5 Å². The number of benzene rings is 3. The van der Waals surface area contributed by atoms with Crippen LogP contribution in [-0.2, 0) is 23.1 Å². The second-order valence-electron chi connectivity index (χ2n) is 10.3. The zero-order valence-electron chi connectivity index (χ0n) is 23.9. The van der Waals surface area contributed by atoms with Gasteiger partial charge in [-0.15, -0.1) is 15.9 Å². The fourth-order valence-corrected chi connectivity index (χ4v) is 6.99. The molecule has 11 heteroatoms. The lowest BCUT2D eigenvalue weighted by molar-refractivity contribution is -0.143. The molecule has 1 aliphatic rings. The van der Waals surface area contributed by atoms with Crippen molar-refractivity contribution in [1.29, 1.82) is 0 Å². The summed E-state index contributed by atoms with van der Waals surface area (Å²) < 4.78 is 43.2. The molecule has 1 aromatic heterocycles. The lowest BCUT2D eigenvalue weighted by atomic mass is 9.86. The number of carbonyl (C=O) groups is 1. The molecule has 0 aliphatic carbocycles. The number of methoxy groups -OCH3 is 1. The van der Waals surface area contributed by atoms with Gasteiger partial charge in [0.15, 0.2) is 0 Å². The summed E-state index contributed by atoms with van der Waals surface area (Å²) in [5.41, 5.74) is 5.06. The topological polar surface area (TPSA) is 119 Å². The van der Waals surface area contributed by atoms with Crippen molar-refractivity contribution >= 4 is 27.8 Å². The van der Waals surface area contributed by atoms with Crippen LogP contribution in [0.15, 0.2) is 59.5 Å². The highest BCUT2D eigenvalue weighted by atomic mass is 32.3. The van der Waals surface area contributed by atoms with E-state index in [0.717, 1.165) is 27.8 Å². The standard InChI is InChI=1S/C30H36N4O6S/c1-6-39-29(35)16-24(22-14-25-30(27(15-22)38-5)33(4)32-31-25)21-12-11-19(2)23(13-21)18-34-17-20(3)40-26-9-7-8-10-28(26)41(34,36)37/h7-15,20,24,36-37H,6,16-18H2,1-5H3/t20-,24?/m1/s1. The van der Waals surface area contributed by atoms with Crippen molar-refractivity contribution in [2.24, 2.45) is 7.05 Å². The van der Waals surface area contributed by atoms with Crippen LogP contribution in [0.2, 0.25) is 0 Å². The Morgan fingerprint density at radius 3 is 2.71 bits per heavy atom. The maximum atomic E-state index is 12.8. The van der Waals surface area contributed by atoms with Crippen LogP contribution in [-0.4, -0.2) is 60.7 Å². The minimum Gasteiger partial charge on any atom is -0.494 e. The third kappa shape index (κ3) is 5.76. The predicted octanol–water partition coefficient (Wildman–Crippen LogP) is 5.68. The largest absolute Gasteiger partial charge is 0.494 e. The van der Waals surface area contributed by atoms with E-state index in [1.165, 1.54) is 0 Å². The van der Waals surface area contributed by atoms with Crippen LogP contribution in [0.25, 0.3) is 11.0 Å². The summed E-state index contributed by atoms with van der Waals surface area (Å²) >= 11 is 0. The summed E-state index contributed by atoms with van der Waals surface area (Å²) in [5, 5.41) is 8.42. The molecule has 0 amide bonds. The molecule has 1 aliphatic heterocycles. The first-order valence-corrected chi connectivity index (χ1v) is 15.0. The molecule has 0 saturated carbocycles. The van der Waals surface area contributed by atoms with Gasteiger partial charge in [-0.25, -0.2) is 4.68 Å². The fraction of sp³-hybridized carbons (Fsp3) is 0.367. The molecular formula is C30H36N4O6S. The van der Waals surface area contributed by atoms with Crippen molar-refractivity contribution < 1.29 is 28.1 Å². The summed E-state index contributed by atoms with van der Waals surface area (Å²) in [6.45, 7) is 6.58. The molecule has 0 radical (unpaired) electrons. The van der Waals surface area contributed by atoms with Crippen molar-refractivity contribution in [3.63, 3.8) is 0 Å². The third-order valence-corrected chi connectivity index (χ3v) is 9.33. The molecule has 1 unspecified atom stereocenters. The van der Waals surface area contributed by atoms with Gasteiger partial charge in [-0.2, -0.15) is 4.31 Å². The van der Waals surface area contributed by atoms with Crippen LogP contribution >= 0.6 is 10.8 Å². The Kier molecular flexibility index (Phi) is 8.23. The van der Waals surface area contributed by atoms with Crippen molar-refractivity contribution in [1.82, 2.24) is 19.3 Å². The van der Waals surface area contributed by atoms with E-state index in [2.05, 4.69) is 10.3 Å². The second kappa shape index (κ2) is 11.7. The average molecular weight is 581 g/mol. The number of ether oxygens (including phenoxy) is 3. The predicted molar refractivity (Wildman–Crippen MR) is 157 cm³/mol. The number of hydrogen-bond acceptors (Lipinski definition) is 9. The average Bonchev–Trinajstić information content (AvgIpc) is 3.28. The number of carbonyl (C=O) groups excluding carboxylic acids is 1. The lowest BCUT2D eigenvalue weighted by Gasteiger charge is -2.42. The fourth-order valence-electron chi connectivity index (χ4n) is 5.33. The van der Waals surface area contributed by atoms with E-state index in [0.29, 0.717) is 28.5 Å². The first-order valence-electron chi connectivity index (χ1n) is 13.5. The van der Waals surface area contributed by atoms with Gasteiger partial charge >= 0.3 is 5.97 Å². The van der Waals surface area contributed by atoms with Crippen LogP contribution in [0.1, 0.15) is 48.4 Å². The van der Waals surface area contributed by atoms with Gasteiger partial charge in [0, 0.05) is 19.5 Å². The van der Waals surface area contributed by atoms with E-state index in [1.807, 2.05) is 50.2 Å². The molecule has 4 aromatic rings. The van der Waals surface area contributed by atoms with Gasteiger partial charge in [0.05, 0.1) is 26.7 Å². The normalized spacial score (nSPS) is 18.2. The van der Waals surface area contributed by atoms with Crippen LogP contribution in [0.5, 0.6) is 11.5 Å². The number of esters is 1. The molecular weight excluding hydrogens is 544 g/mol. The monoisotopic (exact) mass is 580 g/mol. The lowest BCUT2D eigenvalue weighted by Crippen LogP contribution is -2.33. The number of para-hydroxylation sites is 1. The van der Waals surface area contributed by atoms with Crippen LogP contribution < -0.4 is 9.47 Å². The maximum Gasteiger partial charge on any atom is 0.306 e. The smallest absolute Gasteiger partial charge is 0.306 e. The van der Waals surface area contributed by atoms with Gasteiger partial charge in [0.2, 0.25) is 0 Å². The minimum absolute atomic E-state index is 0.114. The van der Waals surface area contributed by atoms with E-state index >= 15 is 0 Å². The SMILES string of the molecule is CCOC(=O)CC(c1ccc(C)c(CN2C[C@@H](C)Oc3ccccc3S2(O)O)c1)c1cc(OC)c2c(c1)nnn2C. The first-order chi connectivity index (χ1) is 19.6. The van der Waals surface area contributed by atoms with E-state index in [9.17, 15) is 13.9 Å². The van der Waals surface area contributed by atoms with Gasteiger partial charge in [-0.1, -0.05) is 35.5 Å². The minimum atomic E-state index is -3.31. The molecule has 0 spiro atoms. The Bertz CT molecular complexity index is 1570. The van der Waals surface area contributed by atoms with Crippen molar-refractivity contribution in [3.05, 3.63) is 76.9 Å². The van der Waals surface area contributed by atoms with Crippen LogP contribution in [0.4, 0.5) is 0 Å². The molecule has 2 atom stereocenters. The molecule has 218 valence electrons. The molecule has 0 bridgehead atoms. The van der Waals surface area contributed by atoms with Gasteiger partial charge in [0.25, 0.3) is 0 Å². The van der Waals surface area contributed by atoms with E-state index in [-0.39, 0.29) is 37.6 Å². The highest BCUT2D eigenvalue weighted by molar-refractivity contribution is 8.22. The number of rotatable bonds is 8. The number of aromatic nitrogens is 3. The third-order valence-electron chi connectivity index (χ3n) is 7.40. The molecule has 10 nitrogen and oxygen atoms in total. The van der Waals surface area contributed by atoms with Crippen molar-refractivity contribution in [2.75, 3.05) is 20.3 Å². The van der Waals surface area contributed by atoms with Crippen molar-refractivity contribution in [2.45, 2.75) is 50.7 Å². The zero-order valence-corrected chi connectivity index (χ0v) is 24.7. The summed E-state index contributed by atoms with van der Waals surface area (Å²) in [7, 11) is 0.0888. The maximum absolute atomic E-state index is 12.8. The summed E-state index contributed by atoms with van der Waals surface area (Å²) in [6.07, 6.45) is -0.140. The molecule has 3 aromatic carbocycles. The first kappa shape index (κ1) is 28.9. The highest BCUT2D eigenvalue weighted by Gasteiger charge is 2.34. The van der Waals surface area contributed by atoms with Gasteiger partial charge in [-0.3, -0.25) is 13.9 Å². The van der Waals surface area contributed by atoms with Crippen LogP contribution in [0.3, 0.4) is 0 Å². The number of fused-ring (bicyclic) bond motifs is 2. The second-order valence-corrected chi connectivity index (χ2v) is 12.3. The Morgan fingerprint density at radius 2 is 1.95 bits per heavy atom. The Morgan fingerprint density at radius 1 is 1.17 bits per heavy atom. The molecule has 5 rings (SSSR count). The molecule has 2 N–H and O–H groups in total. The zero-order chi connectivity index (χ0) is 29.3. The van der Waals surface area contributed by atoms with Crippen LogP contribution in [0, 0.1) is 6.92 Å². The van der Waals surface area contributed by atoms with Gasteiger partial charge in [-0.05, 0) is 67.3 Å². The summed E-state index contributed by atoms with van der Waals surface area (Å²) in [5.74, 6) is 0.413. The summed E-state index contributed by atoms with van der Waals surface area (Å²) in [4.78, 5) is 13.2. The molecule has 0 saturated heterocycles. The Balaban J connectivity index is 1.55. The van der Waals surface area contributed by atoms with Crippen molar-refractivity contribution in [3.8, 4) is 11.5 Å². The number of nitrogens with zero attached hydrogens (tertiary/aromatic N) is 4. The Labute approximate surface area is 241 Å². The Hall–Kier alpha value is -3.64. The van der Waals surface area contributed by atoms with E-state index in [4.69, 9.17) is 14.2 Å².